The van der Waals surface area contributed by atoms with Gasteiger partial charge in [-0.2, -0.15) is 0 Å². The van der Waals surface area contributed by atoms with E-state index in [9.17, 15) is 29.7 Å². The molecule has 0 aromatic rings. The SMILES string of the molecule is CC[C@@H](C[C@H](C)[C@@]1(O)O[C@@H](C(C)C)[C@H](C)[C@H](O)[C@@H]1C)C(N)=O.CC[C@H]1C[C@H](C)[C@@]2(C=C[C@@H](C)[C@H](C(C)C)O2)NC1=O.CC[C@H]1C[C@H](C)[C@@]2(NC1=O)O[C@@H](C(C)C)[C@H](C)[C@H](O)[C@@H]2C. The first kappa shape index (κ1) is 54.2. The second kappa shape index (κ2) is 21.9. The number of nitrogens with two attached hydrogens (primary N) is 1. The van der Waals surface area contributed by atoms with Gasteiger partial charge in [0.15, 0.2) is 11.5 Å². The lowest BCUT2D eigenvalue weighted by atomic mass is 9.69. The normalized spacial score (nSPS) is 43.0. The highest BCUT2D eigenvalue weighted by Gasteiger charge is 2.58. The summed E-state index contributed by atoms with van der Waals surface area (Å²) in [6.07, 6.45) is 7.71. The van der Waals surface area contributed by atoms with Crippen molar-refractivity contribution in [3.63, 3.8) is 0 Å². The summed E-state index contributed by atoms with van der Waals surface area (Å²) in [6, 6.07) is 0. The van der Waals surface area contributed by atoms with E-state index in [2.05, 4.69) is 78.2 Å². The summed E-state index contributed by atoms with van der Waals surface area (Å²) in [4.78, 5) is 36.0. The fourth-order valence-corrected chi connectivity index (χ4v) is 11.3. The van der Waals surface area contributed by atoms with E-state index in [1.165, 1.54) is 0 Å². The zero-order valence-corrected chi connectivity index (χ0v) is 41.7. The van der Waals surface area contributed by atoms with Crippen LogP contribution in [-0.2, 0) is 28.6 Å². The van der Waals surface area contributed by atoms with Crippen LogP contribution in [0.4, 0.5) is 0 Å². The Hall–Kier alpha value is -2.09. The number of amides is 3. The van der Waals surface area contributed by atoms with Crippen molar-refractivity contribution in [2.24, 2.45) is 88.6 Å². The molecule has 0 unspecified atom stereocenters. The van der Waals surface area contributed by atoms with E-state index in [0.717, 1.165) is 25.7 Å². The summed E-state index contributed by atoms with van der Waals surface area (Å²) in [5, 5.41) is 38.6. The van der Waals surface area contributed by atoms with Gasteiger partial charge in [-0.05, 0) is 62.4 Å². The number of nitrogens with one attached hydrogen (secondary N) is 2. The van der Waals surface area contributed by atoms with Crippen LogP contribution in [0.15, 0.2) is 12.2 Å². The maximum atomic E-state index is 12.4. The van der Waals surface area contributed by atoms with Gasteiger partial charge in [0.2, 0.25) is 17.7 Å². The van der Waals surface area contributed by atoms with Crippen molar-refractivity contribution in [2.75, 3.05) is 0 Å². The Morgan fingerprint density at radius 1 is 0.726 bits per heavy atom. The molecule has 0 aromatic heterocycles. The van der Waals surface area contributed by atoms with Crippen LogP contribution >= 0.6 is 0 Å². The van der Waals surface area contributed by atoms with Gasteiger partial charge in [-0.25, -0.2) is 0 Å². The summed E-state index contributed by atoms with van der Waals surface area (Å²) < 4.78 is 18.9. The molecule has 3 amide bonds. The molecule has 360 valence electrons. The lowest BCUT2D eigenvalue weighted by Crippen LogP contribution is -2.71. The number of carbonyl (C=O) groups is 3. The van der Waals surface area contributed by atoms with Crippen molar-refractivity contribution in [2.45, 2.75) is 204 Å². The fourth-order valence-electron chi connectivity index (χ4n) is 11.3. The van der Waals surface area contributed by atoms with Gasteiger partial charge in [0, 0.05) is 65.1 Å². The molecule has 0 aromatic carbocycles. The van der Waals surface area contributed by atoms with Gasteiger partial charge in [-0.3, -0.25) is 14.4 Å². The Morgan fingerprint density at radius 2 is 1.19 bits per heavy atom. The third-order valence-corrected chi connectivity index (χ3v) is 15.9. The maximum Gasteiger partial charge on any atom is 0.225 e. The third-order valence-electron chi connectivity index (χ3n) is 15.9. The number of ether oxygens (including phenoxy) is 3. The molecule has 7 N–H and O–H groups in total. The number of rotatable bonds is 10. The van der Waals surface area contributed by atoms with Crippen LogP contribution in [0.3, 0.4) is 0 Å². The molecule has 5 heterocycles. The first-order chi connectivity index (χ1) is 28.7. The minimum atomic E-state index is -1.44. The summed E-state index contributed by atoms with van der Waals surface area (Å²) in [5.74, 6) is -0.551. The lowest BCUT2D eigenvalue weighted by Gasteiger charge is -2.57. The van der Waals surface area contributed by atoms with Crippen LogP contribution in [0.25, 0.3) is 0 Å². The second-order valence-electron chi connectivity index (χ2n) is 21.4. The van der Waals surface area contributed by atoms with Crippen LogP contribution in [0.2, 0.25) is 0 Å². The second-order valence-corrected chi connectivity index (χ2v) is 21.4. The van der Waals surface area contributed by atoms with Gasteiger partial charge in [0.1, 0.15) is 5.72 Å². The third kappa shape index (κ3) is 11.3. The maximum absolute atomic E-state index is 12.4. The molecule has 12 nitrogen and oxygen atoms in total. The molecule has 4 saturated heterocycles. The first-order valence-corrected chi connectivity index (χ1v) is 24.4. The zero-order chi connectivity index (χ0) is 47.4. The van der Waals surface area contributed by atoms with Crippen molar-refractivity contribution < 1.29 is 43.9 Å². The molecule has 5 rings (SSSR count). The van der Waals surface area contributed by atoms with Gasteiger partial charge in [0.25, 0.3) is 0 Å². The summed E-state index contributed by atoms with van der Waals surface area (Å²) in [6.45, 7) is 34.8. The van der Waals surface area contributed by atoms with Crippen molar-refractivity contribution >= 4 is 17.7 Å². The van der Waals surface area contributed by atoms with E-state index < -0.39 is 35.4 Å². The molecule has 12 heteroatoms. The Kier molecular flexibility index (Phi) is 19.2. The highest BCUT2D eigenvalue weighted by atomic mass is 16.6. The van der Waals surface area contributed by atoms with Gasteiger partial charge >= 0.3 is 0 Å². The Bertz CT molecular complexity index is 1510. The minimum absolute atomic E-state index is 0.0304. The molecular formula is C50H91N3O9. The molecule has 5 aliphatic rings. The molecule has 0 bridgehead atoms. The highest BCUT2D eigenvalue weighted by Crippen LogP contribution is 2.47. The smallest absolute Gasteiger partial charge is 0.225 e. The number of aliphatic hydroxyl groups is 3. The summed E-state index contributed by atoms with van der Waals surface area (Å²) >= 11 is 0. The minimum Gasteiger partial charge on any atom is -0.392 e. The number of hydrogen-bond acceptors (Lipinski definition) is 9. The fraction of sp³-hybridized carbons (Fsp3) is 0.900. The molecule has 19 atom stereocenters. The molecule has 0 radical (unpaired) electrons. The number of piperidine rings is 2. The molecular weight excluding hydrogens is 787 g/mol. The van der Waals surface area contributed by atoms with Crippen LogP contribution < -0.4 is 16.4 Å². The average Bonchev–Trinajstić information content (AvgIpc) is 3.21. The monoisotopic (exact) mass is 878 g/mol. The molecule has 0 aliphatic carbocycles. The van der Waals surface area contributed by atoms with Gasteiger partial charge in [-0.15, -0.1) is 0 Å². The number of hydrogen-bond donors (Lipinski definition) is 6. The van der Waals surface area contributed by atoms with E-state index in [4.69, 9.17) is 19.9 Å². The average molecular weight is 878 g/mol. The first-order valence-electron chi connectivity index (χ1n) is 24.4. The van der Waals surface area contributed by atoms with Crippen LogP contribution in [0.1, 0.15) is 156 Å². The Morgan fingerprint density at radius 3 is 1.66 bits per heavy atom. The summed E-state index contributed by atoms with van der Waals surface area (Å²) in [5.41, 5.74) is 4.12. The van der Waals surface area contributed by atoms with Crippen molar-refractivity contribution in [1.29, 1.82) is 0 Å². The predicted molar refractivity (Wildman–Crippen MR) is 245 cm³/mol. The van der Waals surface area contributed by atoms with E-state index in [1.54, 1.807) is 6.92 Å². The number of primary amides is 1. The van der Waals surface area contributed by atoms with E-state index in [1.807, 2.05) is 55.4 Å². The molecule has 0 saturated carbocycles. The van der Waals surface area contributed by atoms with Gasteiger partial charge < -0.3 is 45.9 Å². The largest absolute Gasteiger partial charge is 0.392 e. The van der Waals surface area contributed by atoms with Crippen LogP contribution in [0, 0.1) is 82.9 Å². The number of aliphatic hydroxyl groups excluding tert-OH is 2. The molecule has 5 aliphatic heterocycles. The van der Waals surface area contributed by atoms with Gasteiger partial charge in [0.05, 0.1) is 30.5 Å². The Balaban J connectivity index is 0.000000248. The lowest BCUT2D eigenvalue weighted by molar-refractivity contribution is -0.345. The summed E-state index contributed by atoms with van der Waals surface area (Å²) in [7, 11) is 0. The van der Waals surface area contributed by atoms with Gasteiger partial charge in [-0.1, -0.05) is 124 Å². The highest BCUT2D eigenvalue weighted by molar-refractivity contribution is 5.81. The van der Waals surface area contributed by atoms with Crippen LogP contribution in [-0.4, -0.2) is 80.8 Å². The molecule has 2 spiro atoms. The Labute approximate surface area is 376 Å². The predicted octanol–water partition coefficient (Wildman–Crippen LogP) is 7.57. The van der Waals surface area contributed by atoms with Crippen molar-refractivity contribution in [1.82, 2.24) is 10.6 Å². The standard InChI is InChI=1S/C17H33NO4.C17H31NO3.C16H27NO2/c1-7-13(16(18)20)8-10(4)17(21)12(6)14(19)11(5)15(22-17)9(2)3;1-7-13-8-10(4)17(18-16(13)20)12(6)14(19)11(5)15(21-17)9(2)3;1-6-13-9-12(5)16(17-15(13)18)8-7-11(4)14(19-16)10(2)3/h9-15,19,21H,7-8H2,1-6H3,(H2,18,20);9-15,19H,7-8H2,1-6H3,(H,18,20);7-8,10-14H,6,9H2,1-5H3,(H,17,18)/t2*10-,11+,12-,13-,14-,15-,17+;11-,12+,13+,14+,16+/m001/s1. The van der Waals surface area contributed by atoms with E-state index >= 15 is 0 Å². The van der Waals surface area contributed by atoms with Crippen LogP contribution in [0.5, 0.6) is 0 Å². The quantitative estimate of drug-likeness (QED) is 0.120. The zero-order valence-electron chi connectivity index (χ0n) is 41.7. The van der Waals surface area contributed by atoms with Crippen molar-refractivity contribution in [3.8, 4) is 0 Å². The number of carbonyl (C=O) groups excluding carboxylic acids is 3. The van der Waals surface area contributed by atoms with E-state index in [0.29, 0.717) is 36.5 Å². The van der Waals surface area contributed by atoms with Crippen molar-refractivity contribution in [3.05, 3.63) is 12.2 Å². The molecule has 4 fully saturated rings. The molecule has 62 heavy (non-hydrogen) atoms. The van der Waals surface area contributed by atoms with E-state index in [-0.39, 0.29) is 89.3 Å². The topological polar surface area (TPSA) is 190 Å².